The number of nitrogens with zero attached hydrogens (tertiary/aromatic N) is 1. The minimum atomic E-state index is -0.174. The fourth-order valence-electron chi connectivity index (χ4n) is 1.86. The summed E-state index contributed by atoms with van der Waals surface area (Å²) in [7, 11) is 3.65. The van der Waals surface area contributed by atoms with E-state index in [-0.39, 0.29) is 5.82 Å². The number of ether oxygens (including phenoxy) is 1. The van der Waals surface area contributed by atoms with Gasteiger partial charge in [-0.05, 0) is 31.5 Å². The lowest BCUT2D eigenvalue weighted by molar-refractivity contribution is 0.196. The van der Waals surface area contributed by atoms with Gasteiger partial charge in [-0.15, -0.1) is 0 Å². The topological polar surface area (TPSA) is 38.5 Å². The van der Waals surface area contributed by atoms with Crippen LogP contribution < -0.4 is 10.6 Å². The van der Waals surface area contributed by atoms with E-state index >= 15 is 0 Å². The Morgan fingerprint density at radius 1 is 1.41 bits per heavy atom. The van der Waals surface area contributed by atoms with Crippen LogP contribution in [-0.2, 0) is 11.2 Å². The van der Waals surface area contributed by atoms with Gasteiger partial charge in [-0.1, -0.05) is 6.07 Å². The molecule has 0 amide bonds. The quantitative estimate of drug-likeness (QED) is 0.739. The zero-order valence-electron chi connectivity index (χ0n) is 10.6. The summed E-state index contributed by atoms with van der Waals surface area (Å²) in [6.45, 7) is 2.01. The molecule has 0 unspecified atom stereocenters. The molecule has 1 rings (SSSR count). The van der Waals surface area contributed by atoms with Gasteiger partial charge in [-0.2, -0.15) is 0 Å². The molecule has 0 radical (unpaired) electrons. The van der Waals surface area contributed by atoms with Crippen LogP contribution in [0.3, 0.4) is 0 Å². The van der Waals surface area contributed by atoms with Crippen LogP contribution in [0.15, 0.2) is 18.2 Å². The van der Waals surface area contributed by atoms with Gasteiger partial charge in [0.05, 0.1) is 0 Å². The van der Waals surface area contributed by atoms with E-state index in [2.05, 4.69) is 0 Å². The maximum Gasteiger partial charge on any atom is 0.128 e. The Balaban J connectivity index is 2.77. The molecule has 0 atom stereocenters. The molecule has 0 aromatic heterocycles. The number of nitrogens with two attached hydrogens (primary N) is 1. The Bertz CT molecular complexity index is 344. The lowest BCUT2D eigenvalue weighted by Crippen LogP contribution is -2.22. The van der Waals surface area contributed by atoms with Gasteiger partial charge >= 0.3 is 0 Å². The number of hydrogen-bond donors (Lipinski definition) is 1. The SMILES string of the molecule is COCCCN(C)c1cccc(F)c1CCN. The maximum absolute atomic E-state index is 13.7. The van der Waals surface area contributed by atoms with E-state index in [1.807, 2.05) is 18.0 Å². The molecule has 96 valence electrons. The molecule has 0 bridgehead atoms. The second-order valence-electron chi connectivity index (χ2n) is 4.04. The highest BCUT2D eigenvalue weighted by Gasteiger charge is 2.10. The summed E-state index contributed by atoms with van der Waals surface area (Å²) in [5.74, 6) is -0.174. The number of benzene rings is 1. The van der Waals surface area contributed by atoms with Crippen LogP contribution in [0.5, 0.6) is 0 Å². The third-order valence-electron chi connectivity index (χ3n) is 2.74. The molecule has 0 aliphatic carbocycles. The maximum atomic E-state index is 13.7. The third kappa shape index (κ3) is 3.98. The average molecular weight is 240 g/mol. The van der Waals surface area contributed by atoms with Gasteiger partial charge in [0.2, 0.25) is 0 Å². The van der Waals surface area contributed by atoms with Gasteiger partial charge in [0.15, 0.2) is 0 Å². The van der Waals surface area contributed by atoms with Crippen LogP contribution in [-0.4, -0.2) is 33.9 Å². The zero-order chi connectivity index (χ0) is 12.7. The third-order valence-corrected chi connectivity index (χ3v) is 2.74. The van der Waals surface area contributed by atoms with Crippen molar-refractivity contribution in [2.24, 2.45) is 5.73 Å². The van der Waals surface area contributed by atoms with Crippen molar-refractivity contribution in [1.29, 1.82) is 0 Å². The van der Waals surface area contributed by atoms with Gasteiger partial charge in [0.1, 0.15) is 5.82 Å². The molecule has 1 aromatic carbocycles. The van der Waals surface area contributed by atoms with E-state index in [1.54, 1.807) is 13.2 Å². The monoisotopic (exact) mass is 240 g/mol. The van der Waals surface area contributed by atoms with E-state index in [1.165, 1.54) is 6.07 Å². The van der Waals surface area contributed by atoms with E-state index < -0.39 is 0 Å². The molecule has 3 nitrogen and oxygen atoms in total. The minimum absolute atomic E-state index is 0.174. The molecule has 1 aromatic rings. The van der Waals surface area contributed by atoms with Crippen molar-refractivity contribution in [1.82, 2.24) is 0 Å². The van der Waals surface area contributed by atoms with Gasteiger partial charge in [0, 0.05) is 38.6 Å². The van der Waals surface area contributed by atoms with Crippen LogP contribution in [0, 0.1) is 5.82 Å². The molecular weight excluding hydrogens is 219 g/mol. The molecule has 4 heteroatoms. The standard InChI is InChI=1S/C13H21FN2O/c1-16(9-4-10-17-2)13-6-3-5-12(14)11(13)7-8-15/h3,5-6H,4,7-10,15H2,1-2H3. The number of rotatable bonds is 7. The molecule has 0 saturated heterocycles. The fraction of sp³-hybridized carbons (Fsp3) is 0.538. The lowest BCUT2D eigenvalue weighted by Gasteiger charge is -2.22. The highest BCUT2D eigenvalue weighted by atomic mass is 19.1. The van der Waals surface area contributed by atoms with E-state index in [4.69, 9.17) is 10.5 Å². The predicted molar refractivity (Wildman–Crippen MR) is 68.9 cm³/mol. The molecule has 17 heavy (non-hydrogen) atoms. The van der Waals surface area contributed by atoms with E-state index in [0.29, 0.717) is 25.1 Å². The van der Waals surface area contributed by atoms with Crippen LogP contribution in [0.4, 0.5) is 10.1 Å². The summed E-state index contributed by atoms with van der Waals surface area (Å²) in [6.07, 6.45) is 1.49. The van der Waals surface area contributed by atoms with Crippen LogP contribution in [0.2, 0.25) is 0 Å². The summed E-state index contributed by atoms with van der Waals surface area (Å²) in [5, 5.41) is 0. The Morgan fingerprint density at radius 2 is 2.18 bits per heavy atom. The number of halogens is 1. The second kappa shape index (κ2) is 7.25. The Labute approximate surface area is 102 Å². The number of hydrogen-bond acceptors (Lipinski definition) is 3. The van der Waals surface area contributed by atoms with Crippen molar-refractivity contribution < 1.29 is 9.13 Å². The zero-order valence-corrected chi connectivity index (χ0v) is 10.6. The largest absolute Gasteiger partial charge is 0.385 e. The highest BCUT2D eigenvalue weighted by molar-refractivity contribution is 5.53. The van der Waals surface area contributed by atoms with Crippen LogP contribution in [0.1, 0.15) is 12.0 Å². The first-order chi connectivity index (χ1) is 8.20. The van der Waals surface area contributed by atoms with Crippen molar-refractivity contribution in [3.8, 4) is 0 Å². The minimum Gasteiger partial charge on any atom is -0.385 e. The van der Waals surface area contributed by atoms with Crippen LogP contribution >= 0.6 is 0 Å². The summed E-state index contributed by atoms with van der Waals surface area (Å²) >= 11 is 0. The van der Waals surface area contributed by atoms with E-state index in [0.717, 1.165) is 18.7 Å². The van der Waals surface area contributed by atoms with Crippen LogP contribution in [0.25, 0.3) is 0 Å². The first kappa shape index (κ1) is 13.9. The highest BCUT2D eigenvalue weighted by Crippen LogP contribution is 2.22. The molecule has 0 aliphatic heterocycles. The van der Waals surface area contributed by atoms with Crippen molar-refractivity contribution in [3.63, 3.8) is 0 Å². The molecule has 0 saturated carbocycles. The molecular formula is C13H21FN2O. The Morgan fingerprint density at radius 3 is 2.82 bits per heavy atom. The molecule has 0 fully saturated rings. The van der Waals surface area contributed by atoms with Crippen molar-refractivity contribution in [2.45, 2.75) is 12.8 Å². The molecule has 0 heterocycles. The fourth-order valence-corrected chi connectivity index (χ4v) is 1.86. The van der Waals surface area contributed by atoms with Gasteiger partial charge in [0.25, 0.3) is 0 Å². The normalized spacial score (nSPS) is 10.6. The predicted octanol–water partition coefficient (Wildman–Crippen LogP) is 1.80. The number of methoxy groups -OCH3 is 1. The number of anilines is 1. The smallest absolute Gasteiger partial charge is 0.128 e. The van der Waals surface area contributed by atoms with Gasteiger partial charge < -0.3 is 15.4 Å². The van der Waals surface area contributed by atoms with Crippen molar-refractivity contribution >= 4 is 5.69 Å². The van der Waals surface area contributed by atoms with Crippen molar-refractivity contribution in [3.05, 3.63) is 29.6 Å². The summed E-state index contributed by atoms with van der Waals surface area (Å²) in [5.41, 5.74) is 7.14. The Kier molecular flexibility index (Phi) is 5.94. The summed E-state index contributed by atoms with van der Waals surface area (Å²) in [4.78, 5) is 2.05. The molecule has 0 spiro atoms. The molecule has 2 N–H and O–H groups in total. The Hall–Kier alpha value is -1.13. The summed E-state index contributed by atoms with van der Waals surface area (Å²) in [6, 6.07) is 5.15. The van der Waals surface area contributed by atoms with Gasteiger partial charge in [-0.25, -0.2) is 4.39 Å². The van der Waals surface area contributed by atoms with Gasteiger partial charge in [-0.3, -0.25) is 0 Å². The first-order valence-electron chi connectivity index (χ1n) is 5.88. The second-order valence-corrected chi connectivity index (χ2v) is 4.04. The lowest BCUT2D eigenvalue weighted by atomic mass is 10.1. The first-order valence-corrected chi connectivity index (χ1v) is 5.88. The van der Waals surface area contributed by atoms with Crippen molar-refractivity contribution in [2.75, 3.05) is 38.8 Å². The molecule has 0 aliphatic rings. The van der Waals surface area contributed by atoms with E-state index in [9.17, 15) is 4.39 Å². The average Bonchev–Trinajstić information content (AvgIpc) is 2.32. The summed E-state index contributed by atoms with van der Waals surface area (Å²) < 4.78 is 18.7.